The van der Waals surface area contributed by atoms with Crippen molar-refractivity contribution in [2.24, 2.45) is 0 Å². The monoisotopic (exact) mass is 182 g/mol. The molecule has 2 rings (SSSR count). The van der Waals surface area contributed by atoms with Gasteiger partial charge in [-0.05, 0) is 18.2 Å². The lowest BCUT2D eigenvalue weighted by molar-refractivity contribution is 0.295. The van der Waals surface area contributed by atoms with Crippen molar-refractivity contribution in [1.29, 1.82) is 0 Å². The molecule has 3 nitrogen and oxygen atoms in total. The Kier molecular flexibility index (Phi) is 1.67. The van der Waals surface area contributed by atoms with Crippen LogP contribution in [0.25, 0.3) is 0 Å². The van der Waals surface area contributed by atoms with Crippen molar-refractivity contribution in [2.45, 2.75) is 0 Å². The highest BCUT2D eigenvalue weighted by Gasteiger charge is 2.10. The van der Waals surface area contributed by atoms with Gasteiger partial charge < -0.3 is 5.32 Å². The summed E-state index contributed by atoms with van der Waals surface area (Å²) in [7, 11) is 0. The second kappa shape index (κ2) is 2.69. The van der Waals surface area contributed by atoms with Crippen LogP contribution in [0.2, 0.25) is 5.02 Å². The van der Waals surface area contributed by atoms with Crippen molar-refractivity contribution >= 4 is 23.0 Å². The Balaban J connectivity index is 2.52. The van der Waals surface area contributed by atoms with E-state index in [0.29, 0.717) is 10.7 Å². The number of hydrogen-bond donors (Lipinski definition) is 2. The third-order valence-electron chi connectivity index (χ3n) is 1.66. The van der Waals surface area contributed by atoms with Crippen molar-refractivity contribution in [3.63, 3.8) is 0 Å². The van der Waals surface area contributed by atoms with E-state index in [-0.39, 0.29) is 0 Å². The van der Waals surface area contributed by atoms with Gasteiger partial charge in [0.15, 0.2) is 0 Å². The van der Waals surface area contributed by atoms with E-state index < -0.39 is 0 Å². The van der Waals surface area contributed by atoms with Crippen molar-refractivity contribution in [2.75, 3.05) is 10.4 Å². The van der Waals surface area contributed by atoms with Crippen LogP contribution in [0.3, 0.4) is 0 Å². The van der Waals surface area contributed by atoms with Crippen LogP contribution in [-0.2, 0) is 0 Å². The molecule has 0 aliphatic carbocycles. The van der Waals surface area contributed by atoms with Gasteiger partial charge in [0.1, 0.15) is 0 Å². The molecule has 1 aromatic rings. The maximum Gasteiger partial charge on any atom is 0.0935 e. The molecule has 0 atom stereocenters. The predicted molar refractivity (Wildman–Crippen MR) is 48.5 cm³/mol. The zero-order chi connectivity index (χ0) is 8.55. The minimum absolute atomic E-state index is 0.602. The van der Waals surface area contributed by atoms with Gasteiger partial charge >= 0.3 is 0 Å². The summed E-state index contributed by atoms with van der Waals surface area (Å²) < 4.78 is 0. The third-order valence-corrected chi connectivity index (χ3v) is 1.90. The average Bonchev–Trinajstić information content (AvgIpc) is 2.07. The topological polar surface area (TPSA) is 35.5 Å². The van der Waals surface area contributed by atoms with Crippen LogP contribution >= 0.6 is 11.6 Å². The van der Waals surface area contributed by atoms with Crippen LogP contribution in [-0.4, -0.2) is 5.21 Å². The zero-order valence-corrected chi connectivity index (χ0v) is 6.92. The number of halogens is 1. The molecule has 0 fully saturated rings. The van der Waals surface area contributed by atoms with Gasteiger partial charge in [0.25, 0.3) is 0 Å². The first kappa shape index (κ1) is 7.46. The normalized spacial score (nSPS) is 14.0. The zero-order valence-electron chi connectivity index (χ0n) is 6.16. The number of hydroxylamine groups is 1. The number of hydrogen-bond acceptors (Lipinski definition) is 3. The van der Waals surface area contributed by atoms with Crippen molar-refractivity contribution < 1.29 is 5.21 Å². The third kappa shape index (κ3) is 1.13. The van der Waals surface area contributed by atoms with E-state index in [2.05, 4.69) is 5.32 Å². The SMILES string of the molecule is ON1C=CNc2ccc(Cl)cc21. The van der Waals surface area contributed by atoms with E-state index in [0.717, 1.165) is 10.8 Å². The summed E-state index contributed by atoms with van der Waals surface area (Å²) in [4.78, 5) is 0. The van der Waals surface area contributed by atoms with Crippen molar-refractivity contribution in [1.82, 2.24) is 0 Å². The lowest BCUT2D eigenvalue weighted by Crippen LogP contribution is -2.15. The van der Waals surface area contributed by atoms with Crippen LogP contribution in [0.1, 0.15) is 0 Å². The van der Waals surface area contributed by atoms with Crippen LogP contribution < -0.4 is 10.4 Å². The molecule has 1 aromatic carbocycles. The first-order valence-corrected chi connectivity index (χ1v) is 3.86. The van der Waals surface area contributed by atoms with Crippen molar-refractivity contribution in [3.05, 3.63) is 35.6 Å². The number of benzene rings is 1. The molecule has 0 aromatic heterocycles. The van der Waals surface area contributed by atoms with Crippen LogP contribution in [0, 0.1) is 0 Å². The van der Waals surface area contributed by atoms with Crippen LogP contribution in [0.5, 0.6) is 0 Å². The lowest BCUT2D eigenvalue weighted by Gasteiger charge is -2.20. The molecule has 0 spiro atoms. The van der Waals surface area contributed by atoms with Crippen molar-refractivity contribution in [3.8, 4) is 0 Å². The molecule has 0 radical (unpaired) electrons. The molecule has 0 saturated carbocycles. The molecular formula is C8H7ClN2O. The van der Waals surface area contributed by atoms with E-state index in [1.54, 1.807) is 18.3 Å². The van der Waals surface area contributed by atoms with Gasteiger partial charge in [0.2, 0.25) is 0 Å². The van der Waals surface area contributed by atoms with Gasteiger partial charge in [-0.15, -0.1) is 0 Å². The highest BCUT2D eigenvalue weighted by molar-refractivity contribution is 6.31. The van der Waals surface area contributed by atoms with E-state index in [1.165, 1.54) is 6.20 Å². The predicted octanol–water partition coefficient (Wildman–Crippen LogP) is 2.43. The molecule has 1 aliphatic heterocycles. The van der Waals surface area contributed by atoms with Crippen LogP contribution in [0.4, 0.5) is 11.4 Å². The van der Waals surface area contributed by atoms with E-state index >= 15 is 0 Å². The first-order chi connectivity index (χ1) is 5.77. The molecule has 1 aliphatic rings. The fourth-order valence-corrected chi connectivity index (χ4v) is 1.26. The van der Waals surface area contributed by atoms with Gasteiger partial charge in [-0.1, -0.05) is 11.6 Å². The van der Waals surface area contributed by atoms with E-state index in [9.17, 15) is 5.21 Å². The molecule has 1 heterocycles. The number of fused-ring (bicyclic) bond motifs is 1. The smallest absolute Gasteiger partial charge is 0.0935 e. The summed E-state index contributed by atoms with van der Waals surface area (Å²) in [6.45, 7) is 0. The summed E-state index contributed by atoms with van der Waals surface area (Å²) in [5.74, 6) is 0. The Hall–Kier alpha value is -1.19. The highest BCUT2D eigenvalue weighted by atomic mass is 35.5. The quantitative estimate of drug-likeness (QED) is 0.647. The maximum atomic E-state index is 9.33. The van der Waals surface area contributed by atoms with Gasteiger partial charge in [0.05, 0.1) is 11.4 Å². The van der Waals surface area contributed by atoms with E-state index in [1.807, 2.05) is 6.07 Å². The number of nitrogens with zero attached hydrogens (tertiary/aromatic N) is 1. The number of rotatable bonds is 0. The highest BCUT2D eigenvalue weighted by Crippen LogP contribution is 2.30. The second-order valence-corrected chi connectivity index (χ2v) is 2.90. The van der Waals surface area contributed by atoms with Gasteiger partial charge in [-0.25, -0.2) is 5.06 Å². The summed E-state index contributed by atoms with van der Waals surface area (Å²) in [6, 6.07) is 5.26. The molecule has 0 bridgehead atoms. The molecule has 2 N–H and O–H groups in total. The van der Waals surface area contributed by atoms with Gasteiger partial charge in [-0.2, -0.15) is 0 Å². The maximum absolute atomic E-state index is 9.33. The number of nitrogens with one attached hydrogen (secondary N) is 1. The Morgan fingerprint density at radius 1 is 1.42 bits per heavy atom. The summed E-state index contributed by atoms with van der Waals surface area (Å²) in [5, 5.41) is 13.9. The fraction of sp³-hybridized carbons (Fsp3) is 0. The van der Waals surface area contributed by atoms with Gasteiger partial charge in [0, 0.05) is 17.4 Å². The molecule has 62 valence electrons. The Morgan fingerprint density at radius 3 is 3.08 bits per heavy atom. The Labute approximate surface area is 74.8 Å². The minimum Gasteiger partial charge on any atom is -0.358 e. The summed E-state index contributed by atoms with van der Waals surface area (Å²) in [5.41, 5.74) is 1.49. The van der Waals surface area contributed by atoms with Gasteiger partial charge in [-0.3, -0.25) is 5.21 Å². The molecular weight excluding hydrogens is 176 g/mol. The average molecular weight is 183 g/mol. The minimum atomic E-state index is 0.602. The molecule has 12 heavy (non-hydrogen) atoms. The molecule has 0 unspecified atom stereocenters. The standard InChI is InChI=1S/C8H7ClN2O/c9-6-1-2-7-8(5-6)11(12)4-3-10-7/h1-5,10,12H. The number of anilines is 2. The molecule has 0 amide bonds. The second-order valence-electron chi connectivity index (χ2n) is 2.47. The molecule has 4 heteroatoms. The molecule has 0 saturated heterocycles. The Morgan fingerprint density at radius 2 is 2.25 bits per heavy atom. The summed E-state index contributed by atoms with van der Waals surface area (Å²) in [6.07, 6.45) is 3.16. The Bertz CT molecular complexity index is 338. The van der Waals surface area contributed by atoms with Crippen LogP contribution in [0.15, 0.2) is 30.6 Å². The fourth-order valence-electron chi connectivity index (χ4n) is 1.09. The van der Waals surface area contributed by atoms with E-state index in [4.69, 9.17) is 11.6 Å². The largest absolute Gasteiger partial charge is 0.358 e. The lowest BCUT2D eigenvalue weighted by atomic mass is 10.2. The summed E-state index contributed by atoms with van der Waals surface area (Å²) >= 11 is 5.75. The first-order valence-electron chi connectivity index (χ1n) is 3.48.